The molecule has 0 spiro atoms. The lowest BCUT2D eigenvalue weighted by molar-refractivity contribution is -0.118. The summed E-state index contributed by atoms with van der Waals surface area (Å²) >= 11 is 0. The van der Waals surface area contributed by atoms with Crippen molar-refractivity contribution in [3.05, 3.63) is 29.8 Å². The summed E-state index contributed by atoms with van der Waals surface area (Å²) in [7, 11) is 0. The van der Waals surface area contributed by atoms with Crippen molar-refractivity contribution in [3.8, 4) is 0 Å². The summed E-state index contributed by atoms with van der Waals surface area (Å²) in [4.78, 5) is 23.7. The Morgan fingerprint density at radius 1 is 1.24 bits per heavy atom. The number of piperidine rings is 1. The van der Waals surface area contributed by atoms with Crippen LogP contribution in [-0.2, 0) is 4.79 Å². The Balaban J connectivity index is 1.91. The van der Waals surface area contributed by atoms with E-state index in [1.165, 1.54) is 0 Å². The molecule has 2 amide bonds. The summed E-state index contributed by atoms with van der Waals surface area (Å²) in [6, 6.07) is 7.19. The minimum atomic E-state index is -0.0644. The van der Waals surface area contributed by atoms with Crippen LogP contribution in [0.15, 0.2) is 24.3 Å². The van der Waals surface area contributed by atoms with Crippen LogP contribution in [0.5, 0.6) is 0 Å². The SMILES string of the molecule is CC(C)C(=O)Nc1ccc(C(=O)NC2CCCNC2)cc1. The van der Waals surface area contributed by atoms with Gasteiger partial charge >= 0.3 is 0 Å². The average molecular weight is 289 g/mol. The van der Waals surface area contributed by atoms with E-state index in [2.05, 4.69) is 16.0 Å². The van der Waals surface area contributed by atoms with Gasteiger partial charge in [-0.3, -0.25) is 9.59 Å². The van der Waals surface area contributed by atoms with E-state index in [1.54, 1.807) is 24.3 Å². The smallest absolute Gasteiger partial charge is 0.251 e. The van der Waals surface area contributed by atoms with E-state index < -0.39 is 0 Å². The fourth-order valence-electron chi connectivity index (χ4n) is 2.24. The Bertz CT molecular complexity index is 491. The lowest BCUT2D eigenvalue weighted by Crippen LogP contribution is -2.45. The van der Waals surface area contributed by atoms with Crippen molar-refractivity contribution < 1.29 is 9.59 Å². The number of rotatable bonds is 4. The van der Waals surface area contributed by atoms with Crippen molar-refractivity contribution in [3.63, 3.8) is 0 Å². The zero-order chi connectivity index (χ0) is 15.2. The maximum atomic E-state index is 12.1. The minimum Gasteiger partial charge on any atom is -0.348 e. The van der Waals surface area contributed by atoms with Gasteiger partial charge in [0.15, 0.2) is 0 Å². The summed E-state index contributed by atoms with van der Waals surface area (Å²) < 4.78 is 0. The van der Waals surface area contributed by atoms with Crippen molar-refractivity contribution in [2.45, 2.75) is 32.7 Å². The van der Waals surface area contributed by atoms with Gasteiger partial charge in [-0.25, -0.2) is 0 Å². The third kappa shape index (κ3) is 4.56. The highest BCUT2D eigenvalue weighted by Gasteiger charge is 2.16. The molecule has 1 saturated heterocycles. The molecule has 0 radical (unpaired) electrons. The molecule has 2 rings (SSSR count). The Labute approximate surface area is 125 Å². The van der Waals surface area contributed by atoms with Gasteiger partial charge in [0.1, 0.15) is 0 Å². The van der Waals surface area contributed by atoms with Gasteiger partial charge in [0.05, 0.1) is 0 Å². The number of carbonyl (C=O) groups is 2. The summed E-state index contributed by atoms with van der Waals surface area (Å²) in [5, 5.41) is 9.10. The topological polar surface area (TPSA) is 70.2 Å². The largest absolute Gasteiger partial charge is 0.348 e. The molecule has 0 bridgehead atoms. The normalized spacial score (nSPS) is 18.3. The van der Waals surface area contributed by atoms with Crippen LogP contribution in [0.4, 0.5) is 5.69 Å². The molecule has 21 heavy (non-hydrogen) atoms. The average Bonchev–Trinajstić information content (AvgIpc) is 2.48. The monoisotopic (exact) mass is 289 g/mol. The van der Waals surface area contributed by atoms with Gasteiger partial charge in [-0.15, -0.1) is 0 Å². The Kier molecular flexibility index (Phi) is 5.33. The standard InChI is InChI=1S/C16H23N3O2/c1-11(2)15(20)18-13-7-5-12(6-8-13)16(21)19-14-4-3-9-17-10-14/h5-8,11,14,17H,3-4,9-10H2,1-2H3,(H,18,20)(H,19,21). The van der Waals surface area contributed by atoms with Gasteiger partial charge < -0.3 is 16.0 Å². The lowest BCUT2D eigenvalue weighted by atomic mass is 10.1. The van der Waals surface area contributed by atoms with E-state index in [0.29, 0.717) is 11.3 Å². The molecule has 0 aliphatic carbocycles. The third-order valence-electron chi connectivity index (χ3n) is 3.57. The second-order valence-electron chi connectivity index (χ2n) is 5.74. The Morgan fingerprint density at radius 2 is 1.95 bits per heavy atom. The molecule has 3 N–H and O–H groups in total. The molecule has 0 saturated carbocycles. The second kappa shape index (κ2) is 7.22. The van der Waals surface area contributed by atoms with Crippen LogP contribution < -0.4 is 16.0 Å². The van der Waals surface area contributed by atoms with E-state index in [-0.39, 0.29) is 23.8 Å². The molecule has 1 fully saturated rings. The van der Waals surface area contributed by atoms with Gasteiger partial charge in [-0.2, -0.15) is 0 Å². The van der Waals surface area contributed by atoms with Gasteiger partial charge in [-0.05, 0) is 43.7 Å². The highest BCUT2D eigenvalue weighted by molar-refractivity contribution is 5.96. The molecule has 114 valence electrons. The summed E-state index contributed by atoms with van der Waals surface area (Å²) in [5.41, 5.74) is 1.33. The maximum Gasteiger partial charge on any atom is 0.251 e. The van der Waals surface area contributed by atoms with Crippen LogP contribution in [0.1, 0.15) is 37.0 Å². The summed E-state index contributed by atoms with van der Waals surface area (Å²) in [6.45, 7) is 5.54. The number of hydrogen-bond donors (Lipinski definition) is 3. The van der Waals surface area contributed by atoms with Crippen LogP contribution in [0.25, 0.3) is 0 Å². The van der Waals surface area contributed by atoms with Crippen LogP contribution in [0, 0.1) is 5.92 Å². The van der Waals surface area contributed by atoms with E-state index in [9.17, 15) is 9.59 Å². The fraction of sp³-hybridized carbons (Fsp3) is 0.500. The third-order valence-corrected chi connectivity index (χ3v) is 3.57. The first-order chi connectivity index (χ1) is 10.1. The van der Waals surface area contributed by atoms with Crippen molar-refractivity contribution >= 4 is 17.5 Å². The number of hydrogen-bond acceptors (Lipinski definition) is 3. The van der Waals surface area contributed by atoms with E-state index in [0.717, 1.165) is 25.9 Å². The van der Waals surface area contributed by atoms with Crippen molar-refractivity contribution in [2.75, 3.05) is 18.4 Å². The molecule has 0 aromatic heterocycles. The first-order valence-electron chi connectivity index (χ1n) is 7.49. The van der Waals surface area contributed by atoms with E-state index in [4.69, 9.17) is 0 Å². The molecule has 1 aliphatic heterocycles. The molecule has 1 aromatic rings. The molecular weight excluding hydrogens is 266 g/mol. The van der Waals surface area contributed by atoms with Gasteiger partial charge in [-0.1, -0.05) is 13.8 Å². The fourth-order valence-corrected chi connectivity index (χ4v) is 2.24. The number of carbonyl (C=O) groups excluding carboxylic acids is 2. The van der Waals surface area contributed by atoms with Gasteiger partial charge in [0, 0.05) is 29.8 Å². The highest BCUT2D eigenvalue weighted by Crippen LogP contribution is 2.12. The Morgan fingerprint density at radius 3 is 2.52 bits per heavy atom. The first-order valence-corrected chi connectivity index (χ1v) is 7.49. The first kappa shape index (κ1) is 15.5. The highest BCUT2D eigenvalue weighted by atomic mass is 16.2. The number of benzene rings is 1. The molecule has 1 aliphatic rings. The van der Waals surface area contributed by atoms with Crippen LogP contribution in [0.3, 0.4) is 0 Å². The molecule has 5 heteroatoms. The molecule has 1 atom stereocenters. The minimum absolute atomic E-state index is 0.0273. The molecule has 1 aromatic carbocycles. The zero-order valence-electron chi connectivity index (χ0n) is 12.6. The molecule has 5 nitrogen and oxygen atoms in total. The maximum absolute atomic E-state index is 12.1. The predicted molar refractivity (Wildman–Crippen MR) is 83.3 cm³/mol. The quantitative estimate of drug-likeness (QED) is 0.791. The van der Waals surface area contributed by atoms with Gasteiger partial charge in [0.25, 0.3) is 5.91 Å². The zero-order valence-corrected chi connectivity index (χ0v) is 12.6. The molecule has 1 unspecified atom stereocenters. The van der Waals surface area contributed by atoms with Crippen molar-refractivity contribution in [2.24, 2.45) is 5.92 Å². The van der Waals surface area contributed by atoms with Crippen molar-refractivity contribution in [1.29, 1.82) is 0 Å². The second-order valence-corrected chi connectivity index (χ2v) is 5.74. The molecule has 1 heterocycles. The van der Waals surface area contributed by atoms with E-state index in [1.807, 2.05) is 13.8 Å². The lowest BCUT2D eigenvalue weighted by Gasteiger charge is -2.23. The van der Waals surface area contributed by atoms with Crippen molar-refractivity contribution in [1.82, 2.24) is 10.6 Å². The Hall–Kier alpha value is -1.88. The van der Waals surface area contributed by atoms with Crippen LogP contribution in [0.2, 0.25) is 0 Å². The summed E-state index contributed by atoms with van der Waals surface area (Å²) in [5.74, 6) is -0.155. The number of amides is 2. The number of anilines is 1. The van der Waals surface area contributed by atoms with E-state index >= 15 is 0 Å². The molecular formula is C16H23N3O2. The van der Waals surface area contributed by atoms with Crippen LogP contribution in [-0.4, -0.2) is 30.9 Å². The van der Waals surface area contributed by atoms with Gasteiger partial charge in [0.2, 0.25) is 5.91 Å². The van der Waals surface area contributed by atoms with Crippen LogP contribution >= 0.6 is 0 Å². The number of nitrogens with one attached hydrogen (secondary N) is 3. The predicted octanol–water partition coefficient (Wildman–Crippen LogP) is 1.76. The summed E-state index contributed by atoms with van der Waals surface area (Å²) in [6.07, 6.45) is 2.10.